The highest BCUT2D eigenvalue weighted by molar-refractivity contribution is 6.10. The zero-order valence-electron chi connectivity index (χ0n) is 21.2. The molecule has 1 aliphatic rings. The third-order valence-corrected chi connectivity index (χ3v) is 6.50. The Labute approximate surface area is 218 Å². The second-order valence-corrected chi connectivity index (χ2v) is 9.72. The van der Waals surface area contributed by atoms with Crippen LogP contribution in [0, 0.1) is 0 Å². The topological polar surface area (TPSA) is 40.5 Å². The molecule has 0 amide bonds. The number of alkyl halides is 3. The molecule has 0 unspecified atom stereocenters. The zero-order valence-corrected chi connectivity index (χ0v) is 21.2. The summed E-state index contributed by atoms with van der Waals surface area (Å²) < 4.78 is 53.1. The molecule has 0 fully saturated rings. The molecule has 1 aliphatic heterocycles. The van der Waals surface area contributed by atoms with E-state index in [-0.39, 0.29) is 12.3 Å². The Hall–Kier alpha value is -4.26. The SMILES string of the molecule is COc1ccc(C(=O)/C=C/c2cn(Cc3cccc(C(F)(F)F)c3)c3ccccc23)c2c1C=CC(C)(C)O2. The maximum atomic E-state index is 13.3. The van der Waals surface area contributed by atoms with Crippen LogP contribution in [0.2, 0.25) is 0 Å². The van der Waals surface area contributed by atoms with Crippen LogP contribution in [-0.4, -0.2) is 23.1 Å². The largest absolute Gasteiger partial charge is 0.496 e. The van der Waals surface area contributed by atoms with Crippen LogP contribution in [0.15, 0.2) is 79.0 Å². The number of carbonyl (C=O) groups excluding carboxylic acids is 1. The number of nitrogens with zero attached hydrogens (tertiary/aromatic N) is 1. The number of methoxy groups -OCH3 is 1. The van der Waals surface area contributed by atoms with Crippen LogP contribution in [0.5, 0.6) is 11.5 Å². The van der Waals surface area contributed by atoms with Gasteiger partial charge in [-0.3, -0.25) is 4.79 Å². The van der Waals surface area contributed by atoms with Crippen molar-refractivity contribution in [2.24, 2.45) is 0 Å². The molecule has 38 heavy (non-hydrogen) atoms. The maximum Gasteiger partial charge on any atom is 0.416 e. The summed E-state index contributed by atoms with van der Waals surface area (Å²) in [6.07, 6.45) is 4.49. The molecule has 2 heterocycles. The number of hydrogen-bond donors (Lipinski definition) is 0. The fraction of sp³-hybridized carbons (Fsp3) is 0.194. The van der Waals surface area contributed by atoms with E-state index < -0.39 is 17.3 Å². The highest BCUT2D eigenvalue weighted by Crippen LogP contribution is 2.40. The molecule has 0 N–H and O–H groups in total. The Bertz CT molecular complexity index is 1590. The van der Waals surface area contributed by atoms with Crippen molar-refractivity contribution < 1.29 is 27.4 Å². The first kappa shape index (κ1) is 25.4. The van der Waals surface area contributed by atoms with E-state index in [2.05, 4.69) is 0 Å². The Kier molecular flexibility index (Phi) is 6.39. The molecule has 0 bridgehead atoms. The van der Waals surface area contributed by atoms with Crippen LogP contribution < -0.4 is 9.47 Å². The maximum absolute atomic E-state index is 13.3. The second-order valence-electron chi connectivity index (χ2n) is 9.72. The molecule has 7 heteroatoms. The number of hydrogen-bond acceptors (Lipinski definition) is 3. The number of benzene rings is 3. The molecule has 4 aromatic rings. The Balaban J connectivity index is 1.48. The van der Waals surface area contributed by atoms with E-state index >= 15 is 0 Å². The van der Waals surface area contributed by atoms with Gasteiger partial charge in [-0.25, -0.2) is 0 Å². The molecule has 0 radical (unpaired) electrons. The lowest BCUT2D eigenvalue weighted by Gasteiger charge is -2.29. The van der Waals surface area contributed by atoms with Gasteiger partial charge >= 0.3 is 6.18 Å². The molecule has 0 saturated heterocycles. The number of fused-ring (bicyclic) bond motifs is 2. The van der Waals surface area contributed by atoms with Crippen LogP contribution in [0.3, 0.4) is 0 Å². The standard InChI is InChI=1S/C31H26F3NO3/c1-30(2)16-15-25-28(37-3)14-12-24(29(25)38-30)27(36)13-11-21-19-35(26-10-5-4-9-23(21)26)18-20-7-6-8-22(17-20)31(32,33)34/h4-17,19H,18H2,1-3H3/b13-11+. The van der Waals surface area contributed by atoms with Crippen molar-refractivity contribution in [3.05, 3.63) is 107 Å². The number of aromatic nitrogens is 1. The number of carbonyl (C=O) groups is 1. The van der Waals surface area contributed by atoms with Crippen molar-refractivity contribution in [2.75, 3.05) is 7.11 Å². The molecular weight excluding hydrogens is 491 g/mol. The summed E-state index contributed by atoms with van der Waals surface area (Å²) >= 11 is 0. The summed E-state index contributed by atoms with van der Waals surface area (Å²) in [5.74, 6) is 0.855. The van der Waals surface area contributed by atoms with Crippen molar-refractivity contribution in [3.8, 4) is 11.5 Å². The van der Waals surface area contributed by atoms with Gasteiger partial charge in [0.2, 0.25) is 0 Å². The van der Waals surface area contributed by atoms with Gasteiger partial charge in [0, 0.05) is 29.2 Å². The van der Waals surface area contributed by atoms with E-state index in [1.807, 2.05) is 61.0 Å². The summed E-state index contributed by atoms with van der Waals surface area (Å²) in [4.78, 5) is 13.3. The molecule has 194 valence electrons. The van der Waals surface area contributed by atoms with Crippen molar-refractivity contribution in [2.45, 2.75) is 32.2 Å². The first-order valence-corrected chi connectivity index (χ1v) is 12.1. The van der Waals surface area contributed by atoms with Crippen molar-refractivity contribution in [1.29, 1.82) is 0 Å². The van der Waals surface area contributed by atoms with Gasteiger partial charge in [-0.2, -0.15) is 13.2 Å². The molecule has 0 atom stereocenters. The summed E-state index contributed by atoms with van der Waals surface area (Å²) in [6.45, 7) is 4.08. The van der Waals surface area contributed by atoms with Gasteiger partial charge in [-0.05, 0) is 74.0 Å². The van der Waals surface area contributed by atoms with Crippen LogP contribution in [0.25, 0.3) is 23.1 Å². The molecule has 0 aliphatic carbocycles. The highest BCUT2D eigenvalue weighted by atomic mass is 19.4. The molecule has 4 nitrogen and oxygen atoms in total. The van der Waals surface area contributed by atoms with Gasteiger partial charge < -0.3 is 14.0 Å². The van der Waals surface area contributed by atoms with Gasteiger partial charge in [-0.1, -0.05) is 30.3 Å². The number of ketones is 1. The van der Waals surface area contributed by atoms with Crippen LogP contribution in [0.4, 0.5) is 13.2 Å². The third kappa shape index (κ3) is 4.96. The Morgan fingerprint density at radius 2 is 1.87 bits per heavy atom. The summed E-state index contributed by atoms with van der Waals surface area (Å²) in [7, 11) is 1.57. The van der Waals surface area contributed by atoms with Crippen LogP contribution in [0.1, 0.15) is 46.5 Å². The normalized spacial score (nSPS) is 14.5. The first-order chi connectivity index (χ1) is 18.1. The lowest BCUT2D eigenvalue weighted by atomic mass is 9.97. The number of rotatable bonds is 6. The minimum absolute atomic E-state index is 0.232. The van der Waals surface area contributed by atoms with Gasteiger partial charge in [0.25, 0.3) is 0 Å². The molecule has 5 rings (SSSR count). The number of halogens is 3. The predicted octanol–water partition coefficient (Wildman–Crippen LogP) is 7.80. The zero-order chi connectivity index (χ0) is 27.1. The fourth-order valence-corrected chi connectivity index (χ4v) is 4.64. The summed E-state index contributed by atoms with van der Waals surface area (Å²) in [5, 5.41) is 0.889. The van der Waals surface area contributed by atoms with Gasteiger partial charge in [0.1, 0.15) is 17.1 Å². The lowest BCUT2D eigenvalue weighted by Crippen LogP contribution is -2.28. The monoisotopic (exact) mass is 517 g/mol. The van der Waals surface area contributed by atoms with Crippen molar-refractivity contribution in [3.63, 3.8) is 0 Å². The van der Waals surface area contributed by atoms with E-state index in [1.165, 1.54) is 12.1 Å². The van der Waals surface area contributed by atoms with Gasteiger partial charge in [0.05, 0.1) is 23.8 Å². The van der Waals surface area contributed by atoms with E-state index in [9.17, 15) is 18.0 Å². The second kappa shape index (κ2) is 9.56. The smallest absolute Gasteiger partial charge is 0.416 e. The predicted molar refractivity (Wildman–Crippen MR) is 143 cm³/mol. The number of allylic oxidation sites excluding steroid dienone is 1. The third-order valence-electron chi connectivity index (χ3n) is 6.50. The summed E-state index contributed by atoms with van der Waals surface area (Å²) in [6, 6.07) is 16.3. The minimum Gasteiger partial charge on any atom is -0.496 e. The molecule has 1 aromatic heterocycles. The van der Waals surface area contributed by atoms with Gasteiger partial charge in [-0.15, -0.1) is 0 Å². The van der Waals surface area contributed by atoms with Crippen LogP contribution in [-0.2, 0) is 12.7 Å². The molecular formula is C31H26F3NO3. The van der Waals surface area contributed by atoms with E-state index in [0.717, 1.165) is 28.6 Å². The van der Waals surface area contributed by atoms with E-state index in [1.54, 1.807) is 31.4 Å². The molecule has 0 saturated carbocycles. The Morgan fingerprint density at radius 3 is 2.63 bits per heavy atom. The molecule has 3 aromatic carbocycles. The number of ether oxygens (including phenoxy) is 2. The highest BCUT2D eigenvalue weighted by Gasteiger charge is 2.30. The van der Waals surface area contributed by atoms with Gasteiger partial charge in [0.15, 0.2) is 5.78 Å². The molecule has 0 spiro atoms. The van der Waals surface area contributed by atoms with E-state index in [0.29, 0.717) is 28.2 Å². The van der Waals surface area contributed by atoms with Crippen LogP contribution >= 0.6 is 0 Å². The Morgan fingerprint density at radius 1 is 1.08 bits per heavy atom. The lowest BCUT2D eigenvalue weighted by molar-refractivity contribution is -0.137. The minimum atomic E-state index is -4.40. The number of para-hydroxylation sites is 1. The summed E-state index contributed by atoms with van der Waals surface area (Å²) in [5.41, 5.74) is 2.05. The average Bonchev–Trinajstić information content (AvgIpc) is 3.23. The fourth-order valence-electron chi connectivity index (χ4n) is 4.64. The van der Waals surface area contributed by atoms with Crippen molar-refractivity contribution >= 4 is 28.8 Å². The average molecular weight is 518 g/mol. The quantitative estimate of drug-likeness (QED) is 0.194. The van der Waals surface area contributed by atoms with E-state index in [4.69, 9.17) is 9.47 Å². The van der Waals surface area contributed by atoms with Crippen molar-refractivity contribution in [1.82, 2.24) is 4.57 Å². The first-order valence-electron chi connectivity index (χ1n) is 12.1.